The van der Waals surface area contributed by atoms with Crippen LogP contribution in [-0.4, -0.2) is 17.7 Å². The van der Waals surface area contributed by atoms with Gasteiger partial charge in [0.2, 0.25) is 0 Å². The third kappa shape index (κ3) is 8.92. The molecule has 0 aliphatic carbocycles. The number of hydrogen-bond donors (Lipinski definition) is 1. The lowest BCUT2D eigenvalue weighted by Gasteiger charge is -2.00. The summed E-state index contributed by atoms with van der Waals surface area (Å²) in [7, 11) is 0. The standard InChI is InChI=1S/C10H18O3/c1-3-4-5-6-7-10(12)8-13-9(2)11/h7,12H,3-6,8H2,1-2H3/b10-7+. The Morgan fingerprint density at radius 3 is 2.69 bits per heavy atom. The molecule has 0 spiro atoms. The van der Waals surface area contributed by atoms with Crippen LogP contribution in [0.3, 0.4) is 0 Å². The third-order valence-electron chi connectivity index (χ3n) is 1.61. The highest BCUT2D eigenvalue weighted by Crippen LogP contribution is 2.02. The predicted molar refractivity (Wildman–Crippen MR) is 51.5 cm³/mol. The molecule has 0 saturated heterocycles. The van der Waals surface area contributed by atoms with E-state index in [1.54, 1.807) is 6.08 Å². The van der Waals surface area contributed by atoms with Gasteiger partial charge >= 0.3 is 5.97 Å². The number of carbonyl (C=O) groups excluding carboxylic acids is 1. The smallest absolute Gasteiger partial charge is 0.303 e. The molecule has 76 valence electrons. The molecule has 0 fully saturated rings. The number of esters is 1. The Morgan fingerprint density at radius 1 is 1.46 bits per heavy atom. The van der Waals surface area contributed by atoms with Crippen LogP contribution in [-0.2, 0) is 9.53 Å². The van der Waals surface area contributed by atoms with Crippen LogP contribution in [0.1, 0.15) is 39.5 Å². The minimum Gasteiger partial charge on any atom is -0.509 e. The molecule has 3 nitrogen and oxygen atoms in total. The summed E-state index contributed by atoms with van der Waals surface area (Å²) in [5.41, 5.74) is 0. The predicted octanol–water partition coefficient (Wildman–Crippen LogP) is 2.57. The van der Waals surface area contributed by atoms with Gasteiger partial charge in [-0.1, -0.05) is 19.8 Å². The van der Waals surface area contributed by atoms with E-state index in [1.165, 1.54) is 13.3 Å². The molecular weight excluding hydrogens is 168 g/mol. The van der Waals surface area contributed by atoms with Crippen molar-refractivity contribution in [1.82, 2.24) is 0 Å². The summed E-state index contributed by atoms with van der Waals surface area (Å²) in [6.07, 6.45) is 5.95. The zero-order valence-electron chi connectivity index (χ0n) is 8.38. The third-order valence-corrected chi connectivity index (χ3v) is 1.61. The van der Waals surface area contributed by atoms with E-state index in [2.05, 4.69) is 11.7 Å². The Bertz CT molecular complexity index is 173. The van der Waals surface area contributed by atoms with Gasteiger partial charge < -0.3 is 9.84 Å². The van der Waals surface area contributed by atoms with Gasteiger partial charge in [-0.2, -0.15) is 0 Å². The largest absolute Gasteiger partial charge is 0.509 e. The van der Waals surface area contributed by atoms with Gasteiger partial charge in [0.05, 0.1) is 0 Å². The van der Waals surface area contributed by atoms with Gasteiger partial charge in [0, 0.05) is 6.92 Å². The van der Waals surface area contributed by atoms with Crippen molar-refractivity contribution in [2.24, 2.45) is 0 Å². The maximum absolute atomic E-state index is 10.4. The zero-order chi connectivity index (χ0) is 10.1. The maximum atomic E-state index is 10.4. The fourth-order valence-electron chi connectivity index (χ4n) is 0.898. The van der Waals surface area contributed by atoms with Crippen molar-refractivity contribution in [1.29, 1.82) is 0 Å². The Morgan fingerprint density at radius 2 is 2.15 bits per heavy atom. The molecule has 13 heavy (non-hydrogen) atoms. The second kappa shape index (κ2) is 7.65. The first-order chi connectivity index (χ1) is 6.16. The Hall–Kier alpha value is -0.990. The highest BCUT2D eigenvalue weighted by molar-refractivity contribution is 5.66. The van der Waals surface area contributed by atoms with Gasteiger partial charge in [-0.15, -0.1) is 0 Å². The van der Waals surface area contributed by atoms with Gasteiger partial charge in [-0.05, 0) is 18.9 Å². The fraction of sp³-hybridized carbons (Fsp3) is 0.700. The number of allylic oxidation sites excluding steroid dienone is 1. The summed E-state index contributed by atoms with van der Waals surface area (Å²) in [6.45, 7) is 3.45. The summed E-state index contributed by atoms with van der Waals surface area (Å²) in [4.78, 5) is 10.4. The van der Waals surface area contributed by atoms with E-state index in [0.717, 1.165) is 19.3 Å². The SMILES string of the molecule is CCCCC/C=C(/O)COC(C)=O. The van der Waals surface area contributed by atoms with Crippen molar-refractivity contribution in [2.75, 3.05) is 6.61 Å². The van der Waals surface area contributed by atoms with E-state index in [9.17, 15) is 9.90 Å². The molecule has 0 aliphatic rings. The first-order valence-electron chi connectivity index (χ1n) is 4.68. The normalized spacial score (nSPS) is 11.4. The van der Waals surface area contributed by atoms with Gasteiger partial charge in [0.1, 0.15) is 12.4 Å². The van der Waals surface area contributed by atoms with Crippen LogP contribution in [0, 0.1) is 0 Å². The van der Waals surface area contributed by atoms with Gasteiger partial charge in [0.25, 0.3) is 0 Å². The van der Waals surface area contributed by atoms with E-state index in [4.69, 9.17) is 0 Å². The van der Waals surface area contributed by atoms with E-state index in [0.29, 0.717) is 0 Å². The molecule has 0 aliphatic heterocycles. The topological polar surface area (TPSA) is 46.5 Å². The van der Waals surface area contributed by atoms with Gasteiger partial charge in [-0.3, -0.25) is 4.79 Å². The monoisotopic (exact) mass is 186 g/mol. The van der Waals surface area contributed by atoms with Gasteiger partial charge in [0.15, 0.2) is 0 Å². The molecule has 0 heterocycles. The maximum Gasteiger partial charge on any atom is 0.303 e. The summed E-state index contributed by atoms with van der Waals surface area (Å²) < 4.78 is 4.60. The first kappa shape index (κ1) is 12.0. The lowest BCUT2D eigenvalue weighted by molar-refractivity contribution is -0.140. The van der Waals surface area contributed by atoms with Crippen molar-refractivity contribution in [3.8, 4) is 0 Å². The van der Waals surface area contributed by atoms with Crippen LogP contribution in [0.15, 0.2) is 11.8 Å². The Balaban J connectivity index is 3.45. The number of carbonyl (C=O) groups is 1. The van der Waals surface area contributed by atoms with Crippen LogP contribution in [0.4, 0.5) is 0 Å². The molecule has 0 radical (unpaired) electrons. The lowest BCUT2D eigenvalue weighted by atomic mass is 10.2. The Labute approximate surface area is 79.4 Å². The highest BCUT2D eigenvalue weighted by Gasteiger charge is 1.95. The van der Waals surface area contributed by atoms with E-state index in [-0.39, 0.29) is 18.3 Å². The van der Waals surface area contributed by atoms with Crippen LogP contribution in [0.2, 0.25) is 0 Å². The quantitative estimate of drug-likeness (QED) is 0.394. The number of unbranched alkanes of at least 4 members (excludes halogenated alkanes) is 3. The number of hydrogen-bond acceptors (Lipinski definition) is 3. The van der Waals surface area contributed by atoms with Crippen molar-refractivity contribution < 1.29 is 14.6 Å². The first-order valence-corrected chi connectivity index (χ1v) is 4.68. The lowest BCUT2D eigenvalue weighted by Crippen LogP contribution is -2.02. The van der Waals surface area contributed by atoms with Crippen LogP contribution in [0.25, 0.3) is 0 Å². The number of ether oxygens (including phenoxy) is 1. The molecule has 0 saturated carbocycles. The summed E-state index contributed by atoms with van der Waals surface area (Å²) in [5, 5.41) is 9.18. The molecular formula is C10H18O3. The number of rotatable bonds is 6. The second-order valence-electron chi connectivity index (χ2n) is 2.97. The summed E-state index contributed by atoms with van der Waals surface area (Å²) >= 11 is 0. The van der Waals surface area contributed by atoms with Crippen molar-refractivity contribution in [3.05, 3.63) is 11.8 Å². The van der Waals surface area contributed by atoms with Crippen molar-refractivity contribution in [2.45, 2.75) is 39.5 Å². The minimum atomic E-state index is -0.367. The second-order valence-corrected chi connectivity index (χ2v) is 2.97. The number of aliphatic hydroxyl groups is 1. The molecule has 0 bridgehead atoms. The van der Waals surface area contributed by atoms with E-state index < -0.39 is 0 Å². The minimum absolute atomic E-state index is 0.00145. The molecule has 0 rings (SSSR count). The molecule has 0 amide bonds. The highest BCUT2D eigenvalue weighted by atomic mass is 16.5. The molecule has 3 heteroatoms. The molecule has 1 N–H and O–H groups in total. The fourth-order valence-corrected chi connectivity index (χ4v) is 0.898. The molecule has 0 unspecified atom stereocenters. The molecule has 0 aromatic carbocycles. The summed E-state index contributed by atoms with van der Waals surface area (Å²) in [5.74, 6) is -0.222. The number of aliphatic hydroxyl groups excluding tert-OH is 1. The van der Waals surface area contributed by atoms with Crippen LogP contribution in [0.5, 0.6) is 0 Å². The zero-order valence-corrected chi connectivity index (χ0v) is 8.38. The van der Waals surface area contributed by atoms with E-state index in [1.807, 2.05) is 0 Å². The Kier molecular flexibility index (Phi) is 7.07. The van der Waals surface area contributed by atoms with Crippen molar-refractivity contribution in [3.63, 3.8) is 0 Å². The molecule has 0 aromatic heterocycles. The van der Waals surface area contributed by atoms with Crippen LogP contribution >= 0.6 is 0 Å². The van der Waals surface area contributed by atoms with Gasteiger partial charge in [-0.25, -0.2) is 0 Å². The average molecular weight is 186 g/mol. The van der Waals surface area contributed by atoms with Crippen molar-refractivity contribution >= 4 is 5.97 Å². The molecule has 0 aromatic rings. The summed E-state index contributed by atoms with van der Waals surface area (Å²) in [6, 6.07) is 0. The average Bonchev–Trinajstić information content (AvgIpc) is 2.09. The molecule has 0 atom stereocenters. The van der Waals surface area contributed by atoms with Crippen LogP contribution < -0.4 is 0 Å². The van der Waals surface area contributed by atoms with E-state index >= 15 is 0 Å².